The lowest BCUT2D eigenvalue weighted by Crippen LogP contribution is -2.37. The van der Waals surface area contributed by atoms with Gasteiger partial charge in [-0.2, -0.15) is 0 Å². The van der Waals surface area contributed by atoms with E-state index in [0.717, 1.165) is 28.0 Å². The number of phenols is 1. The van der Waals surface area contributed by atoms with E-state index in [2.05, 4.69) is 5.32 Å². The van der Waals surface area contributed by atoms with E-state index in [1.54, 1.807) is 17.0 Å². The second-order valence-corrected chi connectivity index (χ2v) is 9.43. The molecule has 7 nitrogen and oxygen atoms in total. The lowest BCUT2D eigenvalue weighted by molar-refractivity contribution is -0.129. The highest BCUT2D eigenvalue weighted by molar-refractivity contribution is 5.89. The summed E-state index contributed by atoms with van der Waals surface area (Å²) < 4.78 is 2.03. The van der Waals surface area contributed by atoms with Crippen molar-refractivity contribution < 1.29 is 14.7 Å². The standard InChI is InChI=1S/C29H30N4O3/c1-32-26-10-6-5-9-24(26)30-28(32)25(17-21-7-3-2-4-8-21)31-29(36)22-18-27(35)33(19-22)16-15-20-11-13-23(34)14-12-20/h2-14,22,25,34H,15-19H2,1H3,(H,31,36)/t22-,25-/m0/s1. The second kappa shape index (κ2) is 10.2. The predicted octanol–water partition coefficient (Wildman–Crippen LogP) is 3.77. The van der Waals surface area contributed by atoms with E-state index in [1.165, 1.54) is 0 Å². The number of likely N-dealkylation sites (tertiary alicyclic amines) is 1. The number of para-hydroxylation sites is 2. The molecule has 184 valence electrons. The third-order valence-corrected chi connectivity index (χ3v) is 6.92. The Labute approximate surface area is 210 Å². The number of carbonyl (C=O) groups is 2. The first-order valence-corrected chi connectivity index (χ1v) is 12.3. The fraction of sp³-hybridized carbons (Fsp3) is 0.276. The summed E-state index contributed by atoms with van der Waals surface area (Å²) in [6.45, 7) is 0.953. The van der Waals surface area contributed by atoms with Gasteiger partial charge in [0.1, 0.15) is 11.6 Å². The molecule has 0 unspecified atom stereocenters. The number of hydrogen-bond donors (Lipinski definition) is 2. The van der Waals surface area contributed by atoms with Crippen LogP contribution in [0.5, 0.6) is 5.75 Å². The quantitative estimate of drug-likeness (QED) is 0.400. The van der Waals surface area contributed by atoms with E-state index >= 15 is 0 Å². The monoisotopic (exact) mass is 482 g/mol. The minimum absolute atomic E-state index is 0.00346. The van der Waals surface area contributed by atoms with Gasteiger partial charge in [0.25, 0.3) is 0 Å². The van der Waals surface area contributed by atoms with Crippen LogP contribution in [0, 0.1) is 5.92 Å². The van der Waals surface area contributed by atoms with Crippen molar-refractivity contribution in [2.75, 3.05) is 13.1 Å². The lowest BCUT2D eigenvalue weighted by Gasteiger charge is -2.21. The van der Waals surface area contributed by atoms with Gasteiger partial charge < -0.3 is 19.9 Å². The molecule has 1 aliphatic rings. The smallest absolute Gasteiger partial charge is 0.226 e. The Hall–Kier alpha value is -4.13. The normalized spacial score (nSPS) is 16.4. The van der Waals surface area contributed by atoms with Crippen LogP contribution in [0.15, 0.2) is 78.9 Å². The van der Waals surface area contributed by atoms with Gasteiger partial charge >= 0.3 is 0 Å². The first-order chi connectivity index (χ1) is 17.5. The van der Waals surface area contributed by atoms with Gasteiger partial charge in [-0.25, -0.2) is 4.98 Å². The van der Waals surface area contributed by atoms with E-state index in [1.807, 2.05) is 78.3 Å². The fourth-order valence-electron chi connectivity index (χ4n) is 4.91. The summed E-state index contributed by atoms with van der Waals surface area (Å²) in [6, 6.07) is 24.7. The number of nitrogens with one attached hydrogen (secondary N) is 1. The van der Waals surface area contributed by atoms with Crippen LogP contribution in [0.1, 0.15) is 29.4 Å². The van der Waals surface area contributed by atoms with Crippen molar-refractivity contribution in [3.05, 3.63) is 95.8 Å². The molecule has 0 spiro atoms. The molecule has 0 bridgehead atoms. The molecule has 7 heteroatoms. The Morgan fingerprint density at radius 1 is 1.03 bits per heavy atom. The molecular weight excluding hydrogens is 452 g/mol. The molecule has 2 N–H and O–H groups in total. The maximum Gasteiger partial charge on any atom is 0.226 e. The summed E-state index contributed by atoms with van der Waals surface area (Å²) in [5.74, 6) is 0.491. The number of aromatic nitrogens is 2. The number of aryl methyl sites for hydroxylation is 1. The zero-order chi connectivity index (χ0) is 25.1. The molecule has 1 aliphatic heterocycles. The van der Waals surface area contributed by atoms with Crippen LogP contribution in [0.3, 0.4) is 0 Å². The lowest BCUT2D eigenvalue weighted by atomic mass is 10.0. The first-order valence-electron chi connectivity index (χ1n) is 12.3. The second-order valence-electron chi connectivity index (χ2n) is 9.43. The van der Waals surface area contributed by atoms with E-state index in [0.29, 0.717) is 25.9 Å². The number of amides is 2. The molecule has 0 saturated carbocycles. The highest BCUT2D eigenvalue weighted by atomic mass is 16.3. The predicted molar refractivity (Wildman–Crippen MR) is 138 cm³/mol. The van der Waals surface area contributed by atoms with Gasteiger partial charge in [0.2, 0.25) is 11.8 Å². The van der Waals surface area contributed by atoms with Gasteiger partial charge in [-0.15, -0.1) is 0 Å². The average molecular weight is 483 g/mol. The van der Waals surface area contributed by atoms with Crippen LogP contribution >= 0.6 is 0 Å². The summed E-state index contributed by atoms with van der Waals surface area (Å²) in [5, 5.41) is 12.7. The summed E-state index contributed by atoms with van der Waals surface area (Å²) in [6.07, 6.45) is 1.49. The Kier molecular flexibility index (Phi) is 6.71. The molecule has 4 aromatic rings. The van der Waals surface area contributed by atoms with Gasteiger partial charge in [-0.3, -0.25) is 9.59 Å². The van der Waals surface area contributed by atoms with Crippen molar-refractivity contribution in [3.8, 4) is 5.75 Å². The number of carbonyl (C=O) groups excluding carboxylic acids is 2. The number of imidazole rings is 1. The summed E-state index contributed by atoms with van der Waals surface area (Å²) in [4.78, 5) is 32.7. The van der Waals surface area contributed by atoms with Crippen molar-refractivity contribution in [2.45, 2.75) is 25.3 Å². The van der Waals surface area contributed by atoms with Crippen molar-refractivity contribution in [1.82, 2.24) is 19.8 Å². The maximum absolute atomic E-state index is 13.4. The summed E-state index contributed by atoms with van der Waals surface area (Å²) >= 11 is 0. The van der Waals surface area contributed by atoms with Crippen molar-refractivity contribution >= 4 is 22.8 Å². The highest BCUT2D eigenvalue weighted by Crippen LogP contribution is 2.25. The number of hydrogen-bond acceptors (Lipinski definition) is 4. The van der Waals surface area contributed by atoms with Crippen molar-refractivity contribution in [1.29, 1.82) is 0 Å². The molecule has 1 aromatic heterocycles. The van der Waals surface area contributed by atoms with Crippen LogP contribution in [0.25, 0.3) is 11.0 Å². The summed E-state index contributed by atoms with van der Waals surface area (Å²) in [7, 11) is 1.97. The van der Waals surface area contributed by atoms with Crippen LogP contribution in [0.4, 0.5) is 0 Å². The van der Waals surface area contributed by atoms with Gasteiger partial charge in [0.05, 0.1) is 23.0 Å². The van der Waals surface area contributed by atoms with E-state index < -0.39 is 5.92 Å². The third kappa shape index (κ3) is 5.10. The summed E-state index contributed by atoms with van der Waals surface area (Å²) in [5.41, 5.74) is 4.04. The Morgan fingerprint density at radius 3 is 2.50 bits per heavy atom. The number of nitrogens with zero attached hydrogens (tertiary/aromatic N) is 3. The number of fused-ring (bicyclic) bond motifs is 1. The van der Waals surface area contributed by atoms with Crippen LogP contribution in [0.2, 0.25) is 0 Å². The topological polar surface area (TPSA) is 87.5 Å². The minimum atomic E-state index is -0.398. The van der Waals surface area contributed by atoms with Gasteiger partial charge in [0, 0.05) is 26.6 Å². The van der Waals surface area contributed by atoms with Gasteiger partial charge in [0.15, 0.2) is 0 Å². The number of aromatic hydroxyl groups is 1. The maximum atomic E-state index is 13.4. The first kappa shape index (κ1) is 23.6. The molecule has 36 heavy (non-hydrogen) atoms. The van der Waals surface area contributed by atoms with Crippen LogP contribution < -0.4 is 5.32 Å². The number of phenolic OH excluding ortho intramolecular Hbond substituents is 1. The Bertz CT molecular complexity index is 1360. The molecule has 1 fully saturated rings. The highest BCUT2D eigenvalue weighted by Gasteiger charge is 2.35. The molecule has 0 radical (unpaired) electrons. The minimum Gasteiger partial charge on any atom is -0.508 e. The third-order valence-electron chi connectivity index (χ3n) is 6.92. The largest absolute Gasteiger partial charge is 0.508 e. The van der Waals surface area contributed by atoms with E-state index in [-0.39, 0.29) is 30.0 Å². The molecular formula is C29H30N4O3. The number of benzene rings is 3. The van der Waals surface area contributed by atoms with E-state index in [4.69, 9.17) is 4.98 Å². The SMILES string of the molecule is Cn1c([C@H](Cc2ccccc2)NC(=O)[C@H]2CC(=O)N(CCc3ccc(O)cc3)C2)nc2ccccc21. The zero-order valence-corrected chi connectivity index (χ0v) is 20.3. The van der Waals surface area contributed by atoms with Crippen molar-refractivity contribution in [2.24, 2.45) is 13.0 Å². The number of rotatable bonds is 8. The molecule has 3 aromatic carbocycles. The Morgan fingerprint density at radius 2 is 1.75 bits per heavy atom. The molecule has 2 amide bonds. The molecule has 5 rings (SSSR count). The molecule has 2 heterocycles. The fourth-order valence-corrected chi connectivity index (χ4v) is 4.91. The average Bonchev–Trinajstić information content (AvgIpc) is 3.43. The molecule has 2 atom stereocenters. The van der Waals surface area contributed by atoms with Crippen LogP contribution in [-0.4, -0.2) is 44.5 Å². The van der Waals surface area contributed by atoms with Crippen molar-refractivity contribution in [3.63, 3.8) is 0 Å². The van der Waals surface area contributed by atoms with Gasteiger partial charge in [-0.1, -0.05) is 54.6 Å². The zero-order valence-electron chi connectivity index (χ0n) is 20.3. The van der Waals surface area contributed by atoms with Gasteiger partial charge in [-0.05, 0) is 48.2 Å². The van der Waals surface area contributed by atoms with Crippen LogP contribution in [-0.2, 0) is 29.5 Å². The molecule has 0 aliphatic carbocycles. The molecule has 1 saturated heterocycles. The Balaban J connectivity index is 1.30. The van der Waals surface area contributed by atoms with E-state index in [9.17, 15) is 14.7 Å².